The summed E-state index contributed by atoms with van der Waals surface area (Å²) < 4.78 is 12.6. The van der Waals surface area contributed by atoms with Crippen molar-refractivity contribution in [2.24, 2.45) is 5.41 Å². The Hall–Kier alpha value is -8.74. The van der Waals surface area contributed by atoms with Crippen LogP contribution in [0, 0.1) is 5.41 Å². The van der Waals surface area contributed by atoms with Gasteiger partial charge in [-0.1, -0.05) is 210 Å². The van der Waals surface area contributed by atoms with E-state index in [1.54, 1.807) is 0 Å². The number of para-hydroxylation sites is 1. The number of fused-ring (bicyclic) bond motifs is 13. The third-order valence-corrected chi connectivity index (χ3v) is 21.0. The lowest BCUT2D eigenvalue weighted by molar-refractivity contribution is 0.411. The smallest absolute Gasteiger partial charge is 0.160 e. The molecule has 1 aliphatic rings. The molecule has 1 aliphatic carbocycles. The first kappa shape index (κ1) is 56.7. The molecular weight excluding hydrogens is 1120 g/mol. The highest BCUT2D eigenvalue weighted by Crippen LogP contribution is 2.63. The van der Waals surface area contributed by atoms with Crippen LogP contribution in [0.3, 0.4) is 0 Å². The number of benzene rings is 11. The Kier molecular flexibility index (Phi) is 13.2. The van der Waals surface area contributed by atoms with Gasteiger partial charge >= 0.3 is 0 Å². The lowest BCUT2D eigenvalue weighted by atomic mass is 9.67. The molecule has 1 atom stereocenters. The molecule has 15 rings (SSSR count). The van der Waals surface area contributed by atoms with Crippen molar-refractivity contribution < 1.29 is 4.42 Å². The molecule has 89 heavy (non-hydrogen) atoms. The van der Waals surface area contributed by atoms with Gasteiger partial charge in [0.15, 0.2) is 5.58 Å². The molecule has 3 heterocycles. The van der Waals surface area contributed by atoms with Crippen LogP contribution in [-0.2, 0) is 28.1 Å². The second-order valence-corrected chi connectivity index (χ2v) is 31.4. The Morgan fingerprint density at radius 2 is 0.831 bits per heavy atom. The van der Waals surface area contributed by atoms with E-state index in [0.29, 0.717) is 0 Å². The summed E-state index contributed by atoms with van der Waals surface area (Å²) in [6, 6.07) is 88.6. The first-order valence-corrected chi connectivity index (χ1v) is 33.2. The molecule has 0 N–H and O–H groups in total. The van der Waals surface area contributed by atoms with E-state index >= 15 is 0 Å². The molecule has 0 saturated heterocycles. The third kappa shape index (κ3) is 9.58. The van der Waals surface area contributed by atoms with E-state index in [0.717, 1.165) is 62.5 Å². The molecule has 0 spiro atoms. The summed E-state index contributed by atoms with van der Waals surface area (Å²) in [6.45, 7) is 27.6. The standard InChI is InChI=1S/C84H76N2OS2/c1-80(2,3)51-52-25-35-60(36-26-52)86(61-41-31-55(32-42-61)83(10,11)12)71-50-70-77(78-67-21-13-16-22-72(67)87-79(71)78)66-45-43-62(85(58-37-27-53(28-38-58)81(4,5)6)59-39-29-54(30-40-59)82(7,8)9)49-69(66)84(70,56-34-46-75-68(47-56)64-20-15-18-24-74(64)88-75)57-33-44-65-63-19-14-17-23-73(63)89-76(65)48-57/h13-50H,51H2,1-12H3. The van der Waals surface area contributed by atoms with Crippen molar-refractivity contribution in [3.63, 3.8) is 0 Å². The summed E-state index contributed by atoms with van der Waals surface area (Å²) >= 11 is 3.77. The van der Waals surface area contributed by atoms with Crippen molar-refractivity contribution >= 4 is 119 Å². The van der Waals surface area contributed by atoms with Gasteiger partial charge < -0.3 is 14.2 Å². The zero-order valence-corrected chi connectivity index (χ0v) is 54.9. The average Bonchev–Trinajstić information content (AvgIpc) is 1.52. The predicted molar refractivity (Wildman–Crippen MR) is 385 cm³/mol. The van der Waals surface area contributed by atoms with Crippen LogP contribution in [0.4, 0.5) is 34.1 Å². The van der Waals surface area contributed by atoms with Crippen LogP contribution in [0.1, 0.15) is 128 Å². The van der Waals surface area contributed by atoms with Crippen LogP contribution >= 0.6 is 22.7 Å². The maximum Gasteiger partial charge on any atom is 0.160 e. The molecular formula is C84H76N2OS2. The van der Waals surface area contributed by atoms with E-state index in [2.05, 4.69) is 323 Å². The van der Waals surface area contributed by atoms with Crippen molar-refractivity contribution in [2.75, 3.05) is 9.80 Å². The molecule has 0 fully saturated rings. The lowest BCUT2D eigenvalue weighted by Gasteiger charge is -2.36. The first-order valence-electron chi connectivity index (χ1n) is 31.6. The number of thiophene rings is 2. The Morgan fingerprint density at radius 3 is 1.40 bits per heavy atom. The Balaban J connectivity index is 1.10. The maximum atomic E-state index is 7.48. The average molecular weight is 1190 g/mol. The summed E-state index contributed by atoms with van der Waals surface area (Å²) in [5.74, 6) is 0. The second kappa shape index (κ2) is 20.7. The molecule has 0 aliphatic heterocycles. The number of hydrogen-bond acceptors (Lipinski definition) is 5. The normalized spacial score (nSPS) is 14.6. The fourth-order valence-electron chi connectivity index (χ4n) is 14.3. The number of nitrogens with zero attached hydrogens (tertiary/aromatic N) is 2. The topological polar surface area (TPSA) is 19.6 Å². The summed E-state index contributed by atoms with van der Waals surface area (Å²) in [6.07, 6.45) is 0.971. The minimum Gasteiger partial charge on any atom is -0.454 e. The fourth-order valence-corrected chi connectivity index (χ4v) is 16.5. The Morgan fingerprint density at radius 1 is 0.371 bits per heavy atom. The van der Waals surface area contributed by atoms with Gasteiger partial charge in [-0.05, 0) is 187 Å². The van der Waals surface area contributed by atoms with E-state index in [1.807, 2.05) is 22.7 Å². The molecule has 0 amide bonds. The van der Waals surface area contributed by atoms with Gasteiger partial charge in [0.05, 0.1) is 11.1 Å². The van der Waals surface area contributed by atoms with Crippen LogP contribution in [0.2, 0.25) is 0 Å². The van der Waals surface area contributed by atoms with Crippen LogP contribution in [0.5, 0.6) is 0 Å². The van der Waals surface area contributed by atoms with Crippen molar-refractivity contribution in [3.8, 4) is 11.1 Å². The molecule has 11 aromatic carbocycles. The van der Waals surface area contributed by atoms with E-state index < -0.39 is 5.41 Å². The molecule has 1 unspecified atom stereocenters. The van der Waals surface area contributed by atoms with Crippen molar-refractivity contribution in [3.05, 3.63) is 275 Å². The highest BCUT2D eigenvalue weighted by molar-refractivity contribution is 7.26. The van der Waals surface area contributed by atoms with E-state index in [9.17, 15) is 0 Å². The van der Waals surface area contributed by atoms with Gasteiger partial charge in [0.2, 0.25) is 0 Å². The van der Waals surface area contributed by atoms with E-state index in [1.165, 1.54) is 96.0 Å². The lowest BCUT2D eigenvalue weighted by Crippen LogP contribution is -2.29. The van der Waals surface area contributed by atoms with E-state index in [4.69, 9.17) is 4.42 Å². The summed E-state index contributed by atoms with van der Waals surface area (Å²) in [7, 11) is 0. The summed E-state index contributed by atoms with van der Waals surface area (Å²) in [4.78, 5) is 4.96. The number of hydrogen-bond donors (Lipinski definition) is 0. The van der Waals surface area contributed by atoms with Gasteiger partial charge in [-0.2, -0.15) is 0 Å². The monoisotopic (exact) mass is 1190 g/mol. The Bertz CT molecular complexity index is 5010. The summed E-state index contributed by atoms with van der Waals surface area (Å²) in [5.41, 5.74) is 19.8. The predicted octanol–water partition coefficient (Wildman–Crippen LogP) is 25.1. The molecule has 0 saturated carbocycles. The molecule has 440 valence electrons. The SMILES string of the molecule is CC(C)(C)Cc1ccc(N(c2ccc(C(C)(C)C)cc2)c2cc3c(c4c2oc2ccccc24)-c2ccc(N(c4ccc(C(C)(C)C)cc4)c4ccc(C(C)(C)C)cc4)cc2C3(c2ccc3c(c2)sc2ccccc23)c2ccc3sc4ccccc4c3c2)cc1. The fraction of sp³-hybridized carbons (Fsp3) is 0.214. The van der Waals surface area contributed by atoms with Gasteiger partial charge in [0.1, 0.15) is 5.58 Å². The van der Waals surface area contributed by atoms with Gasteiger partial charge in [0, 0.05) is 79.6 Å². The number of rotatable bonds is 9. The molecule has 5 heteroatoms. The number of furan rings is 1. The van der Waals surface area contributed by atoms with Crippen LogP contribution in [0.15, 0.2) is 235 Å². The van der Waals surface area contributed by atoms with Gasteiger partial charge in [0.25, 0.3) is 0 Å². The van der Waals surface area contributed by atoms with Crippen LogP contribution < -0.4 is 9.80 Å². The Labute approximate surface area is 532 Å². The van der Waals surface area contributed by atoms with Crippen LogP contribution in [0.25, 0.3) is 73.4 Å². The minimum atomic E-state index is -0.889. The van der Waals surface area contributed by atoms with Crippen molar-refractivity contribution in [2.45, 2.75) is 111 Å². The van der Waals surface area contributed by atoms with Crippen molar-refractivity contribution in [1.29, 1.82) is 0 Å². The molecule has 0 bridgehead atoms. The van der Waals surface area contributed by atoms with Gasteiger partial charge in [-0.15, -0.1) is 22.7 Å². The molecule has 3 nitrogen and oxygen atoms in total. The number of anilines is 6. The summed E-state index contributed by atoms with van der Waals surface area (Å²) in [5, 5.41) is 7.31. The van der Waals surface area contributed by atoms with E-state index in [-0.39, 0.29) is 21.7 Å². The minimum absolute atomic E-state index is 0.0102. The maximum absolute atomic E-state index is 7.48. The largest absolute Gasteiger partial charge is 0.454 e. The van der Waals surface area contributed by atoms with Crippen molar-refractivity contribution in [1.82, 2.24) is 0 Å². The first-order chi connectivity index (χ1) is 42.6. The van der Waals surface area contributed by atoms with Gasteiger partial charge in [-0.3, -0.25) is 0 Å². The van der Waals surface area contributed by atoms with Gasteiger partial charge in [-0.25, -0.2) is 0 Å². The molecule has 3 aromatic heterocycles. The molecule has 0 radical (unpaired) electrons. The third-order valence-electron chi connectivity index (χ3n) is 18.7. The van der Waals surface area contributed by atoms with Crippen LogP contribution in [-0.4, -0.2) is 0 Å². The molecule has 14 aromatic rings. The zero-order chi connectivity index (χ0) is 61.5. The second-order valence-electron chi connectivity index (χ2n) is 29.2. The highest BCUT2D eigenvalue weighted by atomic mass is 32.1. The highest BCUT2D eigenvalue weighted by Gasteiger charge is 2.49. The quantitative estimate of drug-likeness (QED) is 0.144. The zero-order valence-electron chi connectivity index (χ0n) is 53.3.